The number of carboxylic acid groups (broad SMARTS) is 1. The first-order valence-corrected chi connectivity index (χ1v) is 12.4. The Balaban J connectivity index is 5.69. The molecule has 0 saturated heterocycles. The quantitative estimate of drug-likeness (QED) is 0.149. The van der Waals surface area contributed by atoms with E-state index >= 15 is 0 Å². The molecule has 0 aromatic carbocycles. The van der Waals surface area contributed by atoms with Gasteiger partial charge in [-0.2, -0.15) is 0 Å². The van der Waals surface area contributed by atoms with Crippen molar-refractivity contribution in [1.29, 1.82) is 0 Å². The molecule has 0 unspecified atom stereocenters. The fourth-order valence-corrected chi connectivity index (χ4v) is 3.26. The lowest BCUT2D eigenvalue weighted by Gasteiger charge is -2.30. The van der Waals surface area contributed by atoms with Crippen LogP contribution >= 0.6 is 0 Å². The Morgan fingerprint density at radius 3 is 1.39 bits per heavy atom. The third kappa shape index (κ3) is 10.1. The molecule has 12 heteroatoms. The first-order chi connectivity index (χ1) is 16.6. The van der Waals surface area contributed by atoms with Gasteiger partial charge in [0.1, 0.15) is 24.2 Å². The van der Waals surface area contributed by atoms with Crippen molar-refractivity contribution in [3.05, 3.63) is 0 Å². The van der Waals surface area contributed by atoms with E-state index in [4.69, 9.17) is 10.8 Å². The number of aliphatic hydroxyl groups excluding tert-OH is 1. The van der Waals surface area contributed by atoms with Gasteiger partial charge in [-0.1, -0.05) is 61.8 Å². The molecule has 8 N–H and O–H groups in total. The van der Waals surface area contributed by atoms with Crippen LogP contribution in [-0.2, 0) is 24.0 Å². The van der Waals surface area contributed by atoms with Gasteiger partial charge in [0.15, 0.2) is 0 Å². The van der Waals surface area contributed by atoms with Crippen LogP contribution in [-0.4, -0.2) is 76.6 Å². The fraction of sp³-hybridized carbons (Fsp3) is 0.792. The van der Waals surface area contributed by atoms with Crippen molar-refractivity contribution in [1.82, 2.24) is 21.3 Å². The first kappa shape index (κ1) is 33.3. The molecule has 0 heterocycles. The second-order valence-electron chi connectivity index (χ2n) is 10.2. The molecule has 6 atom stereocenters. The maximum absolute atomic E-state index is 13.2. The molecule has 0 aliphatic rings. The molecule has 0 bridgehead atoms. The van der Waals surface area contributed by atoms with E-state index in [0.29, 0.717) is 6.42 Å². The van der Waals surface area contributed by atoms with Crippen molar-refractivity contribution < 1.29 is 34.2 Å². The molecule has 208 valence electrons. The number of aliphatic carboxylic acids is 1. The molecule has 4 amide bonds. The van der Waals surface area contributed by atoms with Crippen LogP contribution in [0, 0.1) is 23.7 Å². The Morgan fingerprint density at radius 1 is 0.667 bits per heavy atom. The van der Waals surface area contributed by atoms with Crippen LogP contribution in [0.1, 0.15) is 61.8 Å². The summed E-state index contributed by atoms with van der Waals surface area (Å²) in [6.45, 7) is 13.2. The molecule has 0 radical (unpaired) electrons. The van der Waals surface area contributed by atoms with E-state index in [1.54, 1.807) is 55.4 Å². The number of hydrogen-bond donors (Lipinski definition) is 7. The second-order valence-corrected chi connectivity index (χ2v) is 10.2. The number of carboxylic acids is 1. The molecule has 0 fully saturated rings. The van der Waals surface area contributed by atoms with E-state index in [0.717, 1.165) is 0 Å². The smallest absolute Gasteiger partial charge is 0.328 e. The molecular formula is C24H45N5O7. The van der Waals surface area contributed by atoms with Crippen LogP contribution in [0.5, 0.6) is 0 Å². The van der Waals surface area contributed by atoms with E-state index in [-0.39, 0.29) is 23.7 Å². The summed E-state index contributed by atoms with van der Waals surface area (Å²) in [6.07, 6.45) is 0.492. The number of nitrogens with two attached hydrogens (primary N) is 1. The van der Waals surface area contributed by atoms with Crippen LogP contribution < -0.4 is 27.0 Å². The standard InChI is InChI=1S/C24H45N5O7/c1-9-14(8)19(23(34)26-15(10-30)24(35)36)29-22(33)18(13(6)7)28-21(32)17(12(4)5)27-20(31)16(25)11(2)3/h11-19,30H,9-10,25H2,1-8H3,(H,26,34)(H,27,31)(H,28,32)(H,29,33)(H,35,36)/t14-,15-,16-,17-,18-,19-/m0/s1. The Morgan fingerprint density at radius 2 is 1.06 bits per heavy atom. The number of carbonyl (C=O) groups is 5. The summed E-state index contributed by atoms with van der Waals surface area (Å²) in [5, 5.41) is 28.5. The van der Waals surface area contributed by atoms with Gasteiger partial charge in [0.05, 0.1) is 12.6 Å². The monoisotopic (exact) mass is 515 g/mol. The van der Waals surface area contributed by atoms with Gasteiger partial charge in [-0.05, 0) is 23.7 Å². The Kier molecular flexibility index (Phi) is 14.2. The van der Waals surface area contributed by atoms with E-state index in [2.05, 4.69) is 21.3 Å². The molecule has 0 aliphatic heterocycles. The van der Waals surface area contributed by atoms with Gasteiger partial charge in [-0.25, -0.2) is 4.79 Å². The van der Waals surface area contributed by atoms with Gasteiger partial charge in [0.25, 0.3) is 0 Å². The van der Waals surface area contributed by atoms with Crippen molar-refractivity contribution in [3.63, 3.8) is 0 Å². The summed E-state index contributed by atoms with van der Waals surface area (Å²) < 4.78 is 0. The van der Waals surface area contributed by atoms with E-state index in [9.17, 15) is 29.1 Å². The average molecular weight is 516 g/mol. The predicted octanol–water partition coefficient (Wildman–Crippen LogP) is -0.656. The maximum atomic E-state index is 13.2. The summed E-state index contributed by atoms with van der Waals surface area (Å²) in [7, 11) is 0. The fourth-order valence-electron chi connectivity index (χ4n) is 3.26. The highest BCUT2D eigenvalue weighted by Gasteiger charge is 2.35. The zero-order valence-electron chi connectivity index (χ0n) is 22.6. The van der Waals surface area contributed by atoms with Gasteiger partial charge in [-0.3, -0.25) is 19.2 Å². The average Bonchev–Trinajstić information content (AvgIpc) is 2.80. The van der Waals surface area contributed by atoms with Gasteiger partial charge < -0.3 is 37.2 Å². The lowest BCUT2D eigenvalue weighted by molar-refractivity contribution is -0.143. The lowest BCUT2D eigenvalue weighted by Crippen LogP contribution is -2.61. The highest BCUT2D eigenvalue weighted by Crippen LogP contribution is 2.12. The van der Waals surface area contributed by atoms with Crippen molar-refractivity contribution in [2.24, 2.45) is 29.4 Å². The summed E-state index contributed by atoms with van der Waals surface area (Å²) in [4.78, 5) is 62.7. The van der Waals surface area contributed by atoms with Crippen LogP contribution in [0.2, 0.25) is 0 Å². The molecule has 0 spiro atoms. The van der Waals surface area contributed by atoms with E-state index in [1.165, 1.54) is 0 Å². The third-order valence-corrected chi connectivity index (χ3v) is 6.11. The molecule has 0 rings (SSSR count). The molecule has 0 saturated carbocycles. The van der Waals surface area contributed by atoms with Gasteiger partial charge >= 0.3 is 5.97 Å². The SMILES string of the molecule is CC[C@H](C)[C@H](NC(=O)[C@@H](NC(=O)[C@@H](NC(=O)[C@@H](N)C(C)C)C(C)C)C(C)C)C(=O)N[C@@H](CO)C(=O)O. The Labute approximate surface area is 213 Å². The highest BCUT2D eigenvalue weighted by molar-refractivity contribution is 5.95. The number of rotatable bonds is 15. The molecule has 0 aromatic heterocycles. The van der Waals surface area contributed by atoms with Crippen LogP contribution in [0.25, 0.3) is 0 Å². The largest absolute Gasteiger partial charge is 0.480 e. The van der Waals surface area contributed by atoms with Crippen molar-refractivity contribution in [2.75, 3.05) is 6.61 Å². The zero-order chi connectivity index (χ0) is 28.3. The molecule has 12 nitrogen and oxygen atoms in total. The maximum Gasteiger partial charge on any atom is 0.328 e. The minimum absolute atomic E-state index is 0.134. The van der Waals surface area contributed by atoms with Crippen molar-refractivity contribution >= 4 is 29.6 Å². The molecule has 0 aliphatic carbocycles. The molecule has 0 aromatic rings. The van der Waals surface area contributed by atoms with E-state index in [1.807, 2.05) is 0 Å². The Hall–Kier alpha value is -2.73. The normalized spacial score (nSPS) is 16.5. The number of hydrogen-bond acceptors (Lipinski definition) is 7. The summed E-state index contributed by atoms with van der Waals surface area (Å²) >= 11 is 0. The number of carbonyl (C=O) groups excluding carboxylic acids is 4. The van der Waals surface area contributed by atoms with Gasteiger partial charge in [-0.15, -0.1) is 0 Å². The van der Waals surface area contributed by atoms with Crippen molar-refractivity contribution in [2.45, 2.75) is 92.0 Å². The Bertz CT molecular complexity index is 772. The van der Waals surface area contributed by atoms with Gasteiger partial charge in [0.2, 0.25) is 23.6 Å². The topological polar surface area (TPSA) is 200 Å². The number of amides is 4. The van der Waals surface area contributed by atoms with Crippen LogP contribution in [0.3, 0.4) is 0 Å². The van der Waals surface area contributed by atoms with Gasteiger partial charge in [0, 0.05) is 0 Å². The third-order valence-electron chi connectivity index (χ3n) is 6.11. The minimum atomic E-state index is -1.52. The van der Waals surface area contributed by atoms with Crippen LogP contribution in [0.15, 0.2) is 0 Å². The zero-order valence-corrected chi connectivity index (χ0v) is 22.6. The summed E-state index contributed by atoms with van der Waals surface area (Å²) in [6, 6.07) is -5.40. The lowest BCUT2D eigenvalue weighted by atomic mass is 9.95. The number of aliphatic hydroxyl groups is 1. The summed E-state index contributed by atoms with van der Waals surface area (Å²) in [5.41, 5.74) is 5.90. The molecule has 36 heavy (non-hydrogen) atoms. The van der Waals surface area contributed by atoms with E-state index < -0.39 is 66.4 Å². The first-order valence-electron chi connectivity index (χ1n) is 12.4. The predicted molar refractivity (Wildman–Crippen MR) is 134 cm³/mol. The minimum Gasteiger partial charge on any atom is -0.480 e. The second kappa shape index (κ2) is 15.4. The highest BCUT2D eigenvalue weighted by atomic mass is 16.4. The van der Waals surface area contributed by atoms with Crippen LogP contribution in [0.4, 0.5) is 0 Å². The molecular weight excluding hydrogens is 470 g/mol. The summed E-state index contributed by atoms with van der Waals surface area (Å²) in [5.74, 6) is -5.03. The number of nitrogens with one attached hydrogen (secondary N) is 4. The van der Waals surface area contributed by atoms with Crippen molar-refractivity contribution in [3.8, 4) is 0 Å².